The molecule has 2 bridgehead atoms. The van der Waals surface area contributed by atoms with Crippen molar-refractivity contribution in [3.63, 3.8) is 0 Å². The molecule has 0 aliphatic heterocycles. The fourth-order valence-electron chi connectivity index (χ4n) is 6.43. The molecule has 0 spiro atoms. The molecule has 5 rings (SSSR count). The number of amides is 2. The van der Waals surface area contributed by atoms with Crippen LogP contribution >= 0.6 is 62.7 Å². The lowest BCUT2D eigenvalue weighted by Gasteiger charge is -2.56. The number of nitrogens with one attached hydrogen (secondary N) is 2. The van der Waals surface area contributed by atoms with Crippen LogP contribution in [0.15, 0.2) is 65.6 Å². The molecule has 13 heteroatoms. The van der Waals surface area contributed by atoms with Gasteiger partial charge < -0.3 is 20.1 Å². The summed E-state index contributed by atoms with van der Waals surface area (Å²) in [6.45, 7) is 2.05. The summed E-state index contributed by atoms with van der Waals surface area (Å²) in [4.78, 5) is 40.2. The molecule has 2 unspecified atom stereocenters. The number of hydrogen-bond acceptors (Lipinski definition) is 5. The van der Waals surface area contributed by atoms with Crippen LogP contribution in [0.5, 0.6) is 5.75 Å². The van der Waals surface area contributed by atoms with Gasteiger partial charge in [-0.05, 0) is 109 Å². The van der Waals surface area contributed by atoms with E-state index in [9.17, 15) is 14.4 Å². The SMILES string of the molecule is CCOC(=O)c1ccc(-c2cc(C(=O)N[C@@H]3[C@H]4CC[C@H](C4)[C@@H]3C(=O)Nc3ccc(S(C)(F)(P)(I)I)cc3)c(OC)cc2P)cc1. The molecule has 3 aromatic rings. The van der Waals surface area contributed by atoms with E-state index in [1.54, 1.807) is 61.7 Å². The molecule has 6 atom stereocenters. The van der Waals surface area contributed by atoms with E-state index in [0.29, 0.717) is 34.1 Å². The molecule has 242 valence electrons. The molecular formula is C32H37FI2N2O5P2S. The predicted molar refractivity (Wildman–Crippen MR) is 205 cm³/mol. The number of carbonyl (C=O) groups excluding carboxylic acids is 3. The minimum absolute atomic E-state index is 0.146. The second-order valence-corrected chi connectivity index (χ2v) is 47.0. The Morgan fingerprint density at radius 3 is 2.27 bits per heavy atom. The fourth-order valence-corrected chi connectivity index (χ4v) is 9.94. The normalized spacial score (nSPS) is 22.2. The van der Waals surface area contributed by atoms with Crippen LogP contribution in [-0.2, 0) is 9.53 Å². The van der Waals surface area contributed by atoms with Gasteiger partial charge in [0.15, 0.2) is 0 Å². The summed E-state index contributed by atoms with van der Waals surface area (Å²) in [7, 11) is 6.58. The first-order valence-electron chi connectivity index (χ1n) is 14.5. The fraction of sp³-hybridized carbons (Fsp3) is 0.344. The van der Waals surface area contributed by atoms with E-state index in [4.69, 9.17) is 9.47 Å². The van der Waals surface area contributed by atoms with E-state index in [-0.39, 0.29) is 35.6 Å². The molecule has 2 amide bonds. The Balaban J connectivity index is 1.36. The maximum absolute atomic E-state index is 15.7. The zero-order valence-corrected chi connectivity index (χ0v) is 32.6. The van der Waals surface area contributed by atoms with Crippen LogP contribution in [0, 0.1) is 17.8 Å². The Labute approximate surface area is 291 Å². The molecule has 0 aromatic heterocycles. The Hall–Kier alpha value is -1.53. The smallest absolute Gasteiger partial charge is 0.338 e. The Bertz CT molecular complexity index is 1660. The van der Waals surface area contributed by atoms with Gasteiger partial charge in [-0.1, -0.05) is 23.2 Å². The van der Waals surface area contributed by atoms with E-state index in [1.807, 2.05) is 54.5 Å². The highest BCUT2D eigenvalue weighted by Gasteiger charge is 2.52. The maximum atomic E-state index is 15.7. The molecule has 3 aromatic carbocycles. The molecule has 0 radical (unpaired) electrons. The van der Waals surface area contributed by atoms with Crippen LogP contribution in [0.3, 0.4) is 0 Å². The number of fused-ring (bicyclic) bond motifs is 2. The second kappa shape index (κ2) is 12.5. The van der Waals surface area contributed by atoms with Crippen LogP contribution in [-0.4, -0.2) is 43.8 Å². The Morgan fingerprint density at radius 1 is 1.02 bits per heavy atom. The molecule has 2 fully saturated rings. The molecule has 7 nitrogen and oxygen atoms in total. The predicted octanol–water partition coefficient (Wildman–Crippen LogP) is 8.06. The third kappa shape index (κ3) is 7.79. The van der Waals surface area contributed by atoms with Gasteiger partial charge in [0.1, 0.15) is 5.75 Å². The van der Waals surface area contributed by atoms with Crippen molar-refractivity contribution in [2.24, 2.45) is 17.8 Å². The number of esters is 1. The number of anilines is 1. The molecule has 2 aliphatic rings. The number of methoxy groups -OCH3 is 1. The zero-order valence-electron chi connectivity index (χ0n) is 25.1. The van der Waals surface area contributed by atoms with Crippen molar-refractivity contribution in [1.29, 1.82) is 0 Å². The maximum Gasteiger partial charge on any atom is 0.338 e. The first-order chi connectivity index (χ1) is 21.0. The van der Waals surface area contributed by atoms with Gasteiger partial charge in [-0.25, -0.2) is 4.79 Å². The summed E-state index contributed by atoms with van der Waals surface area (Å²) in [6, 6.07) is 17.2. The van der Waals surface area contributed by atoms with Crippen LogP contribution in [0.1, 0.15) is 46.9 Å². The minimum atomic E-state index is -3.99. The first kappa shape index (κ1) is 34.8. The van der Waals surface area contributed by atoms with Crippen LogP contribution in [0.25, 0.3) is 11.1 Å². The summed E-state index contributed by atoms with van der Waals surface area (Å²) >= 11 is 3.75. The van der Waals surface area contributed by atoms with Crippen LogP contribution < -0.4 is 20.7 Å². The number of hydrogen-bond donors (Lipinski definition) is 2. The van der Waals surface area contributed by atoms with E-state index in [0.717, 1.165) is 35.7 Å². The quantitative estimate of drug-likeness (QED) is 0.129. The van der Waals surface area contributed by atoms with Crippen molar-refractivity contribution >= 4 is 91.5 Å². The van der Waals surface area contributed by atoms with E-state index in [1.165, 1.54) is 7.11 Å². The molecule has 0 saturated heterocycles. The van der Waals surface area contributed by atoms with Gasteiger partial charge in [0.25, 0.3) is 5.91 Å². The number of carbonyl (C=O) groups is 3. The van der Waals surface area contributed by atoms with Crippen molar-refractivity contribution in [2.45, 2.75) is 37.1 Å². The van der Waals surface area contributed by atoms with Crippen molar-refractivity contribution in [3.8, 4) is 16.9 Å². The van der Waals surface area contributed by atoms with Crippen molar-refractivity contribution in [3.05, 3.63) is 71.8 Å². The van der Waals surface area contributed by atoms with Crippen molar-refractivity contribution < 1.29 is 27.7 Å². The highest BCUT2D eigenvalue weighted by Crippen LogP contribution is 3.10. The molecular weight excluding hydrogens is 859 g/mol. The monoisotopic (exact) mass is 896 g/mol. The number of benzene rings is 3. The highest BCUT2D eigenvalue weighted by molar-refractivity contribution is 14.3. The summed E-state index contributed by atoms with van der Waals surface area (Å²) in [5, 5.41) is 7.05. The summed E-state index contributed by atoms with van der Waals surface area (Å²) in [5.41, 5.74) is 3.02. The molecule has 2 N–H and O–H groups in total. The molecule has 2 aliphatic carbocycles. The lowest BCUT2D eigenvalue weighted by molar-refractivity contribution is -0.122. The van der Waals surface area contributed by atoms with E-state index < -0.39 is 8.61 Å². The summed E-state index contributed by atoms with van der Waals surface area (Å²) in [5.74, 6) is -0.439. The number of halogens is 3. The number of ether oxygens (including phenoxy) is 2. The average Bonchev–Trinajstić information content (AvgIpc) is 3.58. The number of rotatable bonds is 9. The van der Waals surface area contributed by atoms with Crippen molar-refractivity contribution in [2.75, 3.05) is 25.3 Å². The van der Waals surface area contributed by atoms with Gasteiger partial charge in [-0.2, -0.15) is 3.89 Å². The molecule has 0 heterocycles. The van der Waals surface area contributed by atoms with E-state index in [2.05, 4.69) is 28.3 Å². The third-order valence-electron chi connectivity index (χ3n) is 8.60. The Morgan fingerprint density at radius 2 is 1.67 bits per heavy atom. The zero-order chi connectivity index (χ0) is 32.8. The summed E-state index contributed by atoms with van der Waals surface area (Å²) in [6.07, 6.45) is 4.36. The molecule has 45 heavy (non-hydrogen) atoms. The largest absolute Gasteiger partial charge is 0.496 e. The van der Waals surface area contributed by atoms with Gasteiger partial charge in [-0.15, -0.1) is 9.24 Å². The highest BCUT2D eigenvalue weighted by atomic mass is 127. The third-order valence-corrected chi connectivity index (χ3v) is 14.5. The average molecular weight is 896 g/mol. The van der Waals surface area contributed by atoms with Gasteiger partial charge in [0.05, 0.1) is 30.8 Å². The van der Waals surface area contributed by atoms with E-state index >= 15 is 3.89 Å². The van der Waals surface area contributed by atoms with Gasteiger partial charge in [0, 0.05) is 59.0 Å². The van der Waals surface area contributed by atoms with Crippen molar-refractivity contribution in [1.82, 2.24) is 5.32 Å². The van der Waals surface area contributed by atoms with Gasteiger partial charge in [0.2, 0.25) is 5.91 Å². The standard InChI is InChI=1S/C32H37FI2N2O5P2S/c1-4-42-32(40)19-7-5-18(6-8-19)24-16-25(26(41-2)17-27(24)43)30(38)37-29-21-10-9-20(15-21)28(29)31(39)36-22-11-13-23(14-12-22)45(3,33,34,35)44/h5-8,11-14,16-17,20-21,28-29H,4,9-10,15,43-44H2,1-3H3,(H,36,39)(H,37,38)/t20-,21+,28+,29-/m1/s1. The summed E-state index contributed by atoms with van der Waals surface area (Å²) < 4.78 is 22.4. The lowest BCUT2D eigenvalue weighted by Crippen LogP contribution is -2.48. The van der Waals surface area contributed by atoms with Gasteiger partial charge >= 0.3 is 5.97 Å². The van der Waals surface area contributed by atoms with Gasteiger partial charge in [-0.3, -0.25) is 9.59 Å². The topological polar surface area (TPSA) is 93.7 Å². The Kier molecular flexibility index (Phi) is 9.66. The lowest BCUT2D eigenvalue weighted by atomic mass is 9.83. The minimum Gasteiger partial charge on any atom is -0.496 e. The second-order valence-electron chi connectivity index (χ2n) is 12.0. The molecule has 2 saturated carbocycles. The first-order valence-corrected chi connectivity index (χ1v) is 24.4. The van der Waals surface area contributed by atoms with Crippen LogP contribution in [0.2, 0.25) is 0 Å². The van der Waals surface area contributed by atoms with Crippen LogP contribution in [0.4, 0.5) is 9.57 Å².